The van der Waals surface area contributed by atoms with E-state index >= 15 is 0 Å². The Morgan fingerprint density at radius 3 is 2.08 bits per heavy atom. The van der Waals surface area contributed by atoms with Crippen molar-refractivity contribution in [1.82, 2.24) is 20.4 Å². The number of hydrogen-bond acceptors (Lipinski definition) is 6. The Labute approximate surface area is 220 Å². The number of rotatable bonds is 12. The summed E-state index contributed by atoms with van der Waals surface area (Å²) in [7, 11) is 1.89. The predicted octanol–water partition coefficient (Wildman–Crippen LogP) is 2.91. The normalized spacial score (nSPS) is 17.6. The molecule has 0 aromatic carbocycles. The summed E-state index contributed by atoms with van der Waals surface area (Å²) >= 11 is 0. The Morgan fingerprint density at radius 2 is 1.61 bits per heavy atom. The van der Waals surface area contributed by atoms with Crippen LogP contribution in [0.4, 0.5) is 0 Å². The Bertz CT molecular complexity index is 699. The number of aliphatic hydroxyl groups excluding tert-OH is 2. The topological polar surface area (TPSA) is 105 Å². The van der Waals surface area contributed by atoms with Gasteiger partial charge in [-0.25, -0.2) is 0 Å². The van der Waals surface area contributed by atoms with Gasteiger partial charge in [0.25, 0.3) is 0 Å². The average molecular weight is 511 g/mol. The molecule has 0 aromatic rings. The van der Waals surface area contributed by atoms with E-state index in [1.54, 1.807) is 13.0 Å². The van der Waals surface area contributed by atoms with Crippen LogP contribution in [-0.2, 0) is 9.59 Å². The highest BCUT2D eigenvalue weighted by atomic mass is 16.3. The van der Waals surface area contributed by atoms with Gasteiger partial charge in [0.15, 0.2) is 0 Å². The molecule has 2 atom stereocenters. The summed E-state index contributed by atoms with van der Waals surface area (Å²) < 4.78 is 0. The van der Waals surface area contributed by atoms with E-state index < -0.39 is 6.04 Å². The first kappa shape index (κ1) is 34.1. The van der Waals surface area contributed by atoms with Gasteiger partial charge in [-0.1, -0.05) is 53.7 Å². The summed E-state index contributed by atoms with van der Waals surface area (Å²) in [6, 6.07) is -0.673. The molecule has 0 spiro atoms. The number of likely N-dealkylation sites (N-methyl/N-ethyl adjacent to an activating group) is 1. The molecule has 1 aliphatic rings. The van der Waals surface area contributed by atoms with E-state index in [1.807, 2.05) is 11.9 Å². The molecule has 4 N–H and O–H groups in total. The molecule has 1 rings (SSSR count). The van der Waals surface area contributed by atoms with Gasteiger partial charge in [0.05, 0.1) is 31.3 Å². The number of amides is 2. The fourth-order valence-corrected chi connectivity index (χ4v) is 3.91. The second-order valence-corrected chi connectivity index (χ2v) is 11.1. The van der Waals surface area contributed by atoms with Crippen LogP contribution in [-0.4, -0.2) is 89.3 Å². The van der Waals surface area contributed by atoms with Crippen molar-refractivity contribution in [3.63, 3.8) is 0 Å². The van der Waals surface area contributed by atoms with Crippen LogP contribution in [0, 0.1) is 11.8 Å². The first-order valence-corrected chi connectivity index (χ1v) is 13.4. The van der Waals surface area contributed by atoms with Gasteiger partial charge in [-0.15, -0.1) is 0 Å². The second-order valence-electron chi connectivity index (χ2n) is 11.1. The standard InChI is InChI=1S/C24H44N4O4.C4H10/c1-16(2)22(26-24(32)21-10-8-9-12-28(21)17(3)4)19(6)27(7)13-11-18(5)23(31)25-20(14-29)15-30;1-4(2)3/h11,16-17,20-22,29-30H,6,8-10,12-15H2,1-5,7H3,(H,25,31)(H,26,32);4H,1-3H3/b18-11+;. The molecule has 2 unspecified atom stereocenters. The lowest BCUT2D eigenvalue weighted by molar-refractivity contribution is -0.129. The number of carbonyl (C=O) groups excluding carboxylic acids is 2. The maximum Gasteiger partial charge on any atom is 0.247 e. The highest BCUT2D eigenvalue weighted by Crippen LogP contribution is 2.21. The number of carbonyl (C=O) groups is 2. The molecule has 210 valence electrons. The Balaban J connectivity index is 0.00000283. The lowest BCUT2D eigenvalue weighted by atomic mass is 9.96. The summed E-state index contributed by atoms with van der Waals surface area (Å²) in [5.74, 6) is 0.710. The van der Waals surface area contributed by atoms with Crippen molar-refractivity contribution in [2.45, 2.75) is 98.8 Å². The van der Waals surface area contributed by atoms with Gasteiger partial charge in [0, 0.05) is 30.9 Å². The van der Waals surface area contributed by atoms with Gasteiger partial charge >= 0.3 is 0 Å². The summed E-state index contributed by atoms with van der Waals surface area (Å²) in [6.45, 7) is 21.5. The molecule has 0 saturated carbocycles. The number of nitrogens with one attached hydrogen (secondary N) is 2. The molecule has 1 aliphatic heterocycles. The van der Waals surface area contributed by atoms with Crippen LogP contribution in [0.25, 0.3) is 0 Å². The van der Waals surface area contributed by atoms with E-state index in [4.69, 9.17) is 10.2 Å². The van der Waals surface area contributed by atoms with E-state index in [0.29, 0.717) is 18.2 Å². The lowest BCUT2D eigenvalue weighted by Gasteiger charge is -2.39. The van der Waals surface area contributed by atoms with Gasteiger partial charge < -0.3 is 25.7 Å². The van der Waals surface area contributed by atoms with Crippen molar-refractivity contribution >= 4 is 11.8 Å². The average Bonchev–Trinajstić information content (AvgIpc) is 2.82. The molecular weight excluding hydrogens is 456 g/mol. The molecule has 2 amide bonds. The van der Waals surface area contributed by atoms with Crippen molar-refractivity contribution in [1.29, 1.82) is 0 Å². The highest BCUT2D eigenvalue weighted by Gasteiger charge is 2.32. The largest absolute Gasteiger partial charge is 0.394 e. The van der Waals surface area contributed by atoms with E-state index in [-0.39, 0.29) is 43.0 Å². The maximum absolute atomic E-state index is 13.2. The minimum atomic E-state index is -0.677. The van der Waals surface area contributed by atoms with E-state index in [1.165, 1.54) is 0 Å². The third kappa shape index (κ3) is 12.4. The Hall–Kier alpha value is -1.90. The third-order valence-corrected chi connectivity index (χ3v) is 6.13. The van der Waals surface area contributed by atoms with Crippen LogP contribution in [0.3, 0.4) is 0 Å². The van der Waals surface area contributed by atoms with E-state index in [0.717, 1.165) is 37.4 Å². The summed E-state index contributed by atoms with van der Waals surface area (Å²) in [4.78, 5) is 29.6. The molecule has 1 heterocycles. The molecule has 0 bridgehead atoms. The second kappa shape index (κ2) is 17.5. The van der Waals surface area contributed by atoms with Crippen LogP contribution >= 0.6 is 0 Å². The van der Waals surface area contributed by atoms with Crippen LogP contribution in [0.15, 0.2) is 23.9 Å². The van der Waals surface area contributed by atoms with Crippen molar-refractivity contribution in [3.8, 4) is 0 Å². The molecule has 1 fully saturated rings. The van der Waals surface area contributed by atoms with Crippen LogP contribution in [0.2, 0.25) is 0 Å². The monoisotopic (exact) mass is 510 g/mol. The van der Waals surface area contributed by atoms with Crippen molar-refractivity contribution in [2.24, 2.45) is 11.8 Å². The van der Waals surface area contributed by atoms with Crippen LogP contribution in [0.1, 0.15) is 74.7 Å². The first-order valence-electron chi connectivity index (χ1n) is 13.4. The highest BCUT2D eigenvalue weighted by molar-refractivity contribution is 5.93. The molecule has 36 heavy (non-hydrogen) atoms. The van der Waals surface area contributed by atoms with Crippen LogP contribution < -0.4 is 10.6 Å². The molecule has 0 aliphatic carbocycles. The Morgan fingerprint density at radius 1 is 1.06 bits per heavy atom. The van der Waals surface area contributed by atoms with Crippen molar-refractivity contribution in [3.05, 3.63) is 23.9 Å². The minimum Gasteiger partial charge on any atom is -0.394 e. The Kier molecular flexibility index (Phi) is 16.6. The predicted molar refractivity (Wildman–Crippen MR) is 148 cm³/mol. The molecule has 0 aromatic heterocycles. The summed E-state index contributed by atoms with van der Waals surface area (Å²) in [6.07, 6.45) is 4.83. The molecular formula is C28H54N4O4. The molecule has 0 radical (unpaired) electrons. The molecule has 1 saturated heterocycles. The summed E-state index contributed by atoms with van der Waals surface area (Å²) in [5.41, 5.74) is 1.27. The first-order chi connectivity index (χ1) is 16.8. The quantitative estimate of drug-likeness (QED) is 0.301. The van der Waals surface area contributed by atoms with Gasteiger partial charge in [-0.05, 0) is 52.0 Å². The maximum atomic E-state index is 13.2. The summed E-state index contributed by atoms with van der Waals surface area (Å²) in [5, 5.41) is 24.0. The zero-order valence-electron chi connectivity index (χ0n) is 24.3. The number of piperidine rings is 1. The van der Waals surface area contributed by atoms with E-state index in [9.17, 15) is 9.59 Å². The van der Waals surface area contributed by atoms with E-state index in [2.05, 4.69) is 70.6 Å². The van der Waals surface area contributed by atoms with Gasteiger partial charge in [-0.3, -0.25) is 14.5 Å². The molecule has 8 heteroatoms. The fraction of sp³-hybridized carbons (Fsp3) is 0.786. The SMILES string of the molecule is C=C(C(NC(=O)C1CCCCN1C(C)C)C(C)C)N(C)C/C=C(\C)C(=O)NC(CO)CO.CC(C)C. The number of likely N-dealkylation sites (tertiary alicyclic amines) is 1. The third-order valence-electron chi connectivity index (χ3n) is 6.13. The van der Waals surface area contributed by atoms with Gasteiger partial charge in [-0.2, -0.15) is 0 Å². The number of nitrogens with zero attached hydrogens (tertiary/aromatic N) is 2. The number of aliphatic hydroxyl groups is 2. The van der Waals surface area contributed by atoms with Gasteiger partial charge in [0.1, 0.15) is 0 Å². The zero-order chi connectivity index (χ0) is 28.0. The lowest BCUT2D eigenvalue weighted by Crippen LogP contribution is -2.55. The smallest absolute Gasteiger partial charge is 0.247 e. The minimum absolute atomic E-state index is 0.0526. The van der Waals surface area contributed by atoms with Crippen LogP contribution in [0.5, 0.6) is 0 Å². The molecule has 8 nitrogen and oxygen atoms in total. The van der Waals surface area contributed by atoms with Gasteiger partial charge in [0.2, 0.25) is 11.8 Å². The van der Waals surface area contributed by atoms with Crippen molar-refractivity contribution < 1.29 is 19.8 Å². The zero-order valence-corrected chi connectivity index (χ0v) is 24.3. The number of hydrogen-bond donors (Lipinski definition) is 4. The van der Waals surface area contributed by atoms with Crippen molar-refractivity contribution in [2.75, 3.05) is 33.4 Å². The fourth-order valence-electron chi connectivity index (χ4n) is 3.91.